The number of hydrogen-bond donors (Lipinski definition) is 2. The van der Waals surface area contributed by atoms with Crippen molar-refractivity contribution in [3.8, 4) is 11.5 Å². The number of nitrogens with zero attached hydrogens (tertiary/aromatic N) is 1. The van der Waals surface area contributed by atoms with Crippen LogP contribution in [-0.2, 0) is 19.1 Å². The van der Waals surface area contributed by atoms with Gasteiger partial charge in [-0.25, -0.2) is 0 Å². The summed E-state index contributed by atoms with van der Waals surface area (Å²) in [6.07, 6.45) is 0.703. The molecule has 2 amide bonds. The first kappa shape index (κ1) is 19.0. The molecule has 1 aromatic carbocycles. The van der Waals surface area contributed by atoms with Gasteiger partial charge in [0.05, 0.1) is 33.3 Å². The van der Waals surface area contributed by atoms with Gasteiger partial charge in [-0.15, -0.1) is 0 Å². The zero-order chi connectivity index (χ0) is 19.2. The van der Waals surface area contributed by atoms with Crippen LogP contribution in [0.15, 0.2) is 18.2 Å². The number of piperazine rings is 1. The van der Waals surface area contributed by atoms with Gasteiger partial charge in [0.15, 0.2) is 11.5 Å². The zero-order valence-electron chi connectivity index (χ0n) is 15.2. The molecule has 1 unspecified atom stereocenters. The lowest BCUT2D eigenvalue weighted by Gasteiger charge is -2.33. The van der Waals surface area contributed by atoms with Gasteiger partial charge in [-0.05, 0) is 12.1 Å². The minimum atomic E-state index is -0.722. The Morgan fingerprint density at radius 2 is 2.07 bits per heavy atom. The number of anilines is 1. The van der Waals surface area contributed by atoms with Gasteiger partial charge in [-0.1, -0.05) is 0 Å². The monoisotopic (exact) mass is 377 g/mol. The SMILES string of the molecule is COC(=O)CC1C(=O)NCCN1CC(=O)Nc1ccc2c(c1)OCCCO2. The van der Waals surface area contributed by atoms with Gasteiger partial charge in [-0.2, -0.15) is 0 Å². The second kappa shape index (κ2) is 8.72. The molecule has 1 atom stereocenters. The third kappa shape index (κ3) is 4.88. The molecule has 2 aliphatic heterocycles. The van der Waals surface area contributed by atoms with E-state index in [0.29, 0.717) is 43.5 Å². The normalized spacial score (nSPS) is 19.6. The Hall–Kier alpha value is -2.81. The fourth-order valence-corrected chi connectivity index (χ4v) is 3.04. The molecule has 0 aromatic heterocycles. The van der Waals surface area contributed by atoms with E-state index in [1.807, 2.05) is 0 Å². The van der Waals surface area contributed by atoms with E-state index in [9.17, 15) is 14.4 Å². The molecule has 0 saturated carbocycles. The van der Waals surface area contributed by atoms with Crippen LogP contribution < -0.4 is 20.1 Å². The van der Waals surface area contributed by atoms with Crippen molar-refractivity contribution >= 4 is 23.5 Å². The Bertz CT molecular complexity index is 723. The van der Waals surface area contributed by atoms with E-state index in [1.165, 1.54) is 7.11 Å². The third-order valence-corrected chi connectivity index (χ3v) is 4.41. The molecule has 2 N–H and O–H groups in total. The lowest BCUT2D eigenvalue weighted by Crippen LogP contribution is -2.57. The van der Waals surface area contributed by atoms with Crippen molar-refractivity contribution in [1.82, 2.24) is 10.2 Å². The fraction of sp³-hybridized carbons (Fsp3) is 0.500. The van der Waals surface area contributed by atoms with Crippen LogP contribution >= 0.6 is 0 Å². The molecule has 0 spiro atoms. The molecule has 2 heterocycles. The number of methoxy groups -OCH3 is 1. The second-order valence-electron chi connectivity index (χ2n) is 6.32. The van der Waals surface area contributed by atoms with Crippen LogP contribution in [0.25, 0.3) is 0 Å². The van der Waals surface area contributed by atoms with Crippen molar-refractivity contribution in [3.05, 3.63) is 18.2 Å². The summed E-state index contributed by atoms with van der Waals surface area (Å²) in [5, 5.41) is 5.50. The molecular formula is C18H23N3O6. The van der Waals surface area contributed by atoms with Crippen LogP contribution in [0.4, 0.5) is 5.69 Å². The van der Waals surface area contributed by atoms with Gasteiger partial charge in [0, 0.05) is 31.3 Å². The van der Waals surface area contributed by atoms with Gasteiger partial charge in [0.2, 0.25) is 11.8 Å². The first-order valence-corrected chi connectivity index (χ1v) is 8.85. The molecule has 0 radical (unpaired) electrons. The second-order valence-corrected chi connectivity index (χ2v) is 6.32. The smallest absolute Gasteiger partial charge is 0.307 e. The molecule has 9 heteroatoms. The van der Waals surface area contributed by atoms with Gasteiger partial charge in [0.1, 0.15) is 6.04 Å². The molecular weight excluding hydrogens is 354 g/mol. The average Bonchev–Trinajstić information content (AvgIpc) is 2.89. The Morgan fingerprint density at radius 3 is 2.85 bits per heavy atom. The average molecular weight is 377 g/mol. The minimum Gasteiger partial charge on any atom is -0.490 e. The fourth-order valence-electron chi connectivity index (χ4n) is 3.04. The zero-order valence-corrected chi connectivity index (χ0v) is 15.2. The molecule has 1 saturated heterocycles. The van der Waals surface area contributed by atoms with Crippen molar-refractivity contribution in [2.45, 2.75) is 18.9 Å². The van der Waals surface area contributed by atoms with Crippen molar-refractivity contribution in [2.75, 3.05) is 45.3 Å². The van der Waals surface area contributed by atoms with Crippen molar-refractivity contribution < 1.29 is 28.6 Å². The number of carbonyl (C=O) groups is 3. The summed E-state index contributed by atoms with van der Waals surface area (Å²) in [4.78, 5) is 37.7. The minimum absolute atomic E-state index is 0.0104. The van der Waals surface area contributed by atoms with E-state index >= 15 is 0 Å². The number of ether oxygens (including phenoxy) is 3. The van der Waals surface area contributed by atoms with Crippen LogP contribution in [0.1, 0.15) is 12.8 Å². The first-order valence-electron chi connectivity index (χ1n) is 8.85. The summed E-state index contributed by atoms with van der Waals surface area (Å²) in [7, 11) is 1.27. The number of amides is 2. The maximum absolute atomic E-state index is 12.5. The highest BCUT2D eigenvalue weighted by atomic mass is 16.5. The maximum atomic E-state index is 12.5. The molecule has 27 heavy (non-hydrogen) atoms. The summed E-state index contributed by atoms with van der Waals surface area (Å²) in [5.74, 6) is 0.178. The Balaban J connectivity index is 1.63. The number of benzene rings is 1. The highest BCUT2D eigenvalue weighted by Crippen LogP contribution is 2.32. The van der Waals surface area contributed by atoms with E-state index in [4.69, 9.17) is 9.47 Å². The van der Waals surface area contributed by atoms with Gasteiger partial charge >= 0.3 is 5.97 Å². The number of esters is 1. The van der Waals surface area contributed by atoms with Crippen LogP contribution in [-0.4, -0.2) is 68.7 Å². The van der Waals surface area contributed by atoms with E-state index in [2.05, 4.69) is 15.4 Å². The highest BCUT2D eigenvalue weighted by molar-refractivity contribution is 5.94. The van der Waals surface area contributed by atoms with Crippen molar-refractivity contribution in [1.29, 1.82) is 0 Å². The summed E-state index contributed by atoms with van der Waals surface area (Å²) in [5.41, 5.74) is 0.579. The summed E-state index contributed by atoms with van der Waals surface area (Å²) in [6.45, 7) is 2.04. The van der Waals surface area contributed by atoms with E-state index in [-0.39, 0.29) is 24.8 Å². The summed E-state index contributed by atoms with van der Waals surface area (Å²) < 4.78 is 15.8. The van der Waals surface area contributed by atoms with Gasteiger partial charge < -0.3 is 24.8 Å². The Kier molecular flexibility index (Phi) is 6.12. The van der Waals surface area contributed by atoms with Crippen molar-refractivity contribution in [3.63, 3.8) is 0 Å². The molecule has 1 aromatic rings. The molecule has 2 aliphatic rings. The van der Waals surface area contributed by atoms with E-state index in [1.54, 1.807) is 23.1 Å². The van der Waals surface area contributed by atoms with Crippen LogP contribution in [0, 0.1) is 0 Å². The lowest BCUT2D eigenvalue weighted by molar-refractivity contribution is -0.146. The topological polar surface area (TPSA) is 106 Å². The quantitative estimate of drug-likeness (QED) is 0.704. The molecule has 3 rings (SSSR count). The number of nitrogens with one attached hydrogen (secondary N) is 2. The van der Waals surface area contributed by atoms with Crippen molar-refractivity contribution in [2.24, 2.45) is 0 Å². The number of fused-ring (bicyclic) bond motifs is 1. The number of carbonyl (C=O) groups excluding carboxylic acids is 3. The van der Waals surface area contributed by atoms with E-state index < -0.39 is 12.0 Å². The Morgan fingerprint density at radius 1 is 1.30 bits per heavy atom. The first-order chi connectivity index (χ1) is 13.1. The molecule has 146 valence electrons. The highest BCUT2D eigenvalue weighted by Gasteiger charge is 2.33. The van der Waals surface area contributed by atoms with Crippen LogP contribution in [0.3, 0.4) is 0 Å². The third-order valence-electron chi connectivity index (χ3n) is 4.41. The summed E-state index contributed by atoms with van der Waals surface area (Å²) in [6, 6.07) is 4.49. The molecule has 0 bridgehead atoms. The molecule has 1 fully saturated rings. The standard InChI is InChI=1S/C18H23N3O6/c1-25-17(23)10-13-18(24)19-5-6-21(13)11-16(22)20-12-3-4-14-15(9-12)27-8-2-7-26-14/h3-4,9,13H,2,5-8,10-11H2,1H3,(H,19,24)(H,20,22). The molecule has 0 aliphatic carbocycles. The largest absolute Gasteiger partial charge is 0.490 e. The van der Waals surface area contributed by atoms with Gasteiger partial charge in [-0.3, -0.25) is 19.3 Å². The maximum Gasteiger partial charge on any atom is 0.307 e. The molecule has 9 nitrogen and oxygen atoms in total. The van der Waals surface area contributed by atoms with E-state index in [0.717, 1.165) is 6.42 Å². The van der Waals surface area contributed by atoms with Gasteiger partial charge in [0.25, 0.3) is 0 Å². The number of hydrogen-bond acceptors (Lipinski definition) is 7. The predicted molar refractivity (Wildman–Crippen MR) is 95.7 cm³/mol. The number of rotatable bonds is 5. The summed E-state index contributed by atoms with van der Waals surface area (Å²) >= 11 is 0. The Labute approximate surface area is 156 Å². The van der Waals surface area contributed by atoms with Crippen LogP contribution in [0.2, 0.25) is 0 Å². The predicted octanol–water partition coefficient (Wildman–Crippen LogP) is 0.150. The van der Waals surface area contributed by atoms with Crippen LogP contribution in [0.5, 0.6) is 11.5 Å². The lowest BCUT2D eigenvalue weighted by atomic mass is 10.1.